The van der Waals surface area contributed by atoms with Crippen LogP contribution in [0.1, 0.15) is 43.9 Å². The lowest BCUT2D eigenvalue weighted by Crippen LogP contribution is -2.26. The fourth-order valence-corrected chi connectivity index (χ4v) is 3.45. The van der Waals surface area contributed by atoms with Gasteiger partial charge in [0, 0.05) is 10.4 Å². The first-order valence-corrected chi connectivity index (χ1v) is 7.52. The van der Waals surface area contributed by atoms with Gasteiger partial charge in [-0.1, -0.05) is 30.9 Å². The zero-order valence-corrected chi connectivity index (χ0v) is 12.0. The summed E-state index contributed by atoms with van der Waals surface area (Å²) in [6, 6.07) is 8.27. The predicted molar refractivity (Wildman–Crippen MR) is 79.6 cm³/mol. The fraction of sp³-hybridized carbons (Fsp3) is 0.500. The van der Waals surface area contributed by atoms with Crippen molar-refractivity contribution in [1.82, 2.24) is 5.32 Å². The largest absolute Gasteiger partial charge is 0.459 e. The van der Waals surface area contributed by atoms with Crippen LogP contribution in [-0.4, -0.2) is 7.05 Å². The molecule has 2 nitrogen and oxygen atoms in total. The van der Waals surface area contributed by atoms with Gasteiger partial charge in [-0.2, -0.15) is 0 Å². The van der Waals surface area contributed by atoms with Crippen LogP contribution in [0.5, 0.6) is 0 Å². The maximum atomic E-state index is 6.03. The molecule has 19 heavy (non-hydrogen) atoms. The molecule has 0 amide bonds. The molecule has 1 heterocycles. The standard InChI is InChI=1S/C16H20ClNO/c1-18-16(11-5-3-2-4-6-11)15-10-12-9-13(17)7-8-14(12)19-15/h7-11,16,18H,2-6H2,1H3. The molecular weight excluding hydrogens is 258 g/mol. The second kappa shape index (κ2) is 5.56. The van der Waals surface area contributed by atoms with Gasteiger partial charge in [-0.25, -0.2) is 0 Å². The van der Waals surface area contributed by atoms with Crippen molar-refractivity contribution in [2.24, 2.45) is 5.92 Å². The van der Waals surface area contributed by atoms with Crippen LogP contribution in [0, 0.1) is 5.92 Å². The topological polar surface area (TPSA) is 25.2 Å². The van der Waals surface area contributed by atoms with Crippen LogP contribution in [0.25, 0.3) is 11.0 Å². The number of hydrogen-bond acceptors (Lipinski definition) is 2. The van der Waals surface area contributed by atoms with Gasteiger partial charge in [0.05, 0.1) is 6.04 Å². The highest BCUT2D eigenvalue weighted by molar-refractivity contribution is 6.31. The molecule has 0 radical (unpaired) electrons. The van der Waals surface area contributed by atoms with E-state index in [9.17, 15) is 0 Å². The van der Waals surface area contributed by atoms with Gasteiger partial charge in [0.1, 0.15) is 11.3 Å². The summed E-state index contributed by atoms with van der Waals surface area (Å²) in [5.41, 5.74) is 0.926. The molecule has 3 heteroatoms. The molecule has 0 bridgehead atoms. The molecule has 1 N–H and O–H groups in total. The van der Waals surface area contributed by atoms with Crippen LogP contribution in [0.2, 0.25) is 5.02 Å². The minimum Gasteiger partial charge on any atom is -0.459 e. The van der Waals surface area contributed by atoms with E-state index in [1.54, 1.807) is 0 Å². The zero-order chi connectivity index (χ0) is 13.2. The number of furan rings is 1. The third kappa shape index (κ3) is 2.65. The predicted octanol–water partition coefficient (Wildman–Crippen LogP) is 4.93. The van der Waals surface area contributed by atoms with Gasteiger partial charge in [0.2, 0.25) is 0 Å². The van der Waals surface area contributed by atoms with E-state index < -0.39 is 0 Å². The van der Waals surface area contributed by atoms with Crippen molar-refractivity contribution < 1.29 is 4.42 Å². The summed E-state index contributed by atoms with van der Waals surface area (Å²) in [5.74, 6) is 1.74. The van der Waals surface area contributed by atoms with Gasteiger partial charge < -0.3 is 9.73 Å². The van der Waals surface area contributed by atoms with E-state index in [0.29, 0.717) is 12.0 Å². The lowest BCUT2D eigenvalue weighted by Gasteiger charge is -2.28. The van der Waals surface area contributed by atoms with Gasteiger partial charge in [-0.15, -0.1) is 0 Å². The van der Waals surface area contributed by atoms with Gasteiger partial charge in [-0.3, -0.25) is 0 Å². The van der Waals surface area contributed by atoms with Crippen molar-refractivity contribution in [2.45, 2.75) is 38.1 Å². The van der Waals surface area contributed by atoms with E-state index in [4.69, 9.17) is 16.0 Å². The summed E-state index contributed by atoms with van der Waals surface area (Å²) in [4.78, 5) is 0. The third-order valence-electron chi connectivity index (χ3n) is 4.24. The molecule has 1 fully saturated rings. The van der Waals surface area contributed by atoms with E-state index in [0.717, 1.165) is 21.8 Å². The number of fused-ring (bicyclic) bond motifs is 1. The quantitative estimate of drug-likeness (QED) is 0.861. The van der Waals surface area contributed by atoms with Crippen LogP contribution in [0.15, 0.2) is 28.7 Å². The van der Waals surface area contributed by atoms with Crippen LogP contribution in [0.3, 0.4) is 0 Å². The molecule has 1 unspecified atom stereocenters. The molecule has 1 saturated carbocycles. The number of benzene rings is 1. The molecule has 0 saturated heterocycles. The van der Waals surface area contributed by atoms with Crippen LogP contribution >= 0.6 is 11.6 Å². The first-order valence-electron chi connectivity index (χ1n) is 7.14. The summed E-state index contributed by atoms with van der Waals surface area (Å²) < 4.78 is 6.01. The van der Waals surface area contributed by atoms with Crippen LogP contribution in [-0.2, 0) is 0 Å². The molecule has 1 aromatic carbocycles. The Hall–Kier alpha value is -0.990. The van der Waals surface area contributed by atoms with E-state index in [2.05, 4.69) is 11.4 Å². The van der Waals surface area contributed by atoms with Crippen LogP contribution in [0.4, 0.5) is 0 Å². The van der Waals surface area contributed by atoms with Crippen molar-refractivity contribution in [1.29, 1.82) is 0 Å². The molecule has 0 spiro atoms. The Morgan fingerprint density at radius 3 is 2.74 bits per heavy atom. The van der Waals surface area contributed by atoms with Crippen molar-refractivity contribution in [3.05, 3.63) is 35.0 Å². The zero-order valence-electron chi connectivity index (χ0n) is 11.3. The minimum atomic E-state index is 0.325. The Labute approximate surface area is 119 Å². The van der Waals surface area contributed by atoms with Crippen molar-refractivity contribution in [3.63, 3.8) is 0 Å². The molecule has 1 atom stereocenters. The Balaban J connectivity index is 1.91. The smallest absolute Gasteiger partial charge is 0.134 e. The van der Waals surface area contributed by atoms with Gasteiger partial charge in [0.15, 0.2) is 0 Å². The summed E-state index contributed by atoms with van der Waals surface area (Å²) in [5, 5.41) is 5.30. The molecule has 3 rings (SSSR count). The number of hydrogen-bond donors (Lipinski definition) is 1. The minimum absolute atomic E-state index is 0.325. The maximum absolute atomic E-state index is 6.03. The van der Waals surface area contributed by atoms with Crippen molar-refractivity contribution >= 4 is 22.6 Å². The maximum Gasteiger partial charge on any atom is 0.134 e. The van der Waals surface area contributed by atoms with Gasteiger partial charge in [-0.05, 0) is 50.1 Å². The first kappa shape index (κ1) is 13.0. The highest BCUT2D eigenvalue weighted by atomic mass is 35.5. The highest BCUT2D eigenvalue weighted by Gasteiger charge is 2.26. The van der Waals surface area contributed by atoms with Gasteiger partial charge >= 0.3 is 0 Å². The molecule has 2 aromatic rings. The fourth-order valence-electron chi connectivity index (χ4n) is 3.27. The molecule has 1 aliphatic carbocycles. The van der Waals surface area contributed by atoms with Gasteiger partial charge in [0.25, 0.3) is 0 Å². The first-order chi connectivity index (χ1) is 9.28. The molecule has 0 aliphatic heterocycles. The van der Waals surface area contributed by atoms with E-state index >= 15 is 0 Å². The third-order valence-corrected chi connectivity index (χ3v) is 4.47. The van der Waals surface area contributed by atoms with E-state index in [-0.39, 0.29) is 0 Å². The summed E-state index contributed by atoms with van der Waals surface area (Å²) in [7, 11) is 2.03. The van der Waals surface area contributed by atoms with Crippen LogP contribution < -0.4 is 5.32 Å². The number of halogens is 1. The SMILES string of the molecule is CNC(c1cc2cc(Cl)ccc2o1)C1CCCCC1. The Kier molecular flexibility index (Phi) is 3.81. The van der Waals surface area contributed by atoms with E-state index in [1.165, 1.54) is 32.1 Å². The summed E-state index contributed by atoms with van der Waals surface area (Å²) >= 11 is 6.03. The normalized spacial score (nSPS) is 18.8. The second-order valence-corrected chi connectivity index (χ2v) is 5.93. The number of rotatable bonds is 3. The Bertz CT molecular complexity index is 557. The molecule has 1 aliphatic rings. The average Bonchev–Trinajstić information content (AvgIpc) is 2.83. The molecule has 102 valence electrons. The van der Waals surface area contributed by atoms with Crippen molar-refractivity contribution in [3.8, 4) is 0 Å². The monoisotopic (exact) mass is 277 g/mol. The molecule has 1 aromatic heterocycles. The summed E-state index contributed by atoms with van der Waals surface area (Å²) in [6.07, 6.45) is 6.65. The highest BCUT2D eigenvalue weighted by Crippen LogP contribution is 2.36. The summed E-state index contributed by atoms with van der Waals surface area (Å²) in [6.45, 7) is 0. The van der Waals surface area contributed by atoms with E-state index in [1.807, 2.05) is 25.2 Å². The second-order valence-electron chi connectivity index (χ2n) is 5.50. The number of nitrogens with one attached hydrogen (secondary N) is 1. The lowest BCUT2D eigenvalue weighted by molar-refractivity contribution is 0.257. The lowest BCUT2D eigenvalue weighted by atomic mass is 9.83. The Morgan fingerprint density at radius 1 is 1.21 bits per heavy atom. The van der Waals surface area contributed by atoms with Crippen molar-refractivity contribution in [2.75, 3.05) is 7.05 Å². The average molecular weight is 278 g/mol. The molecular formula is C16H20ClNO. The Morgan fingerprint density at radius 2 is 2.00 bits per heavy atom.